The lowest BCUT2D eigenvalue weighted by Crippen LogP contribution is -2.22. The van der Waals surface area contributed by atoms with Gasteiger partial charge in [0.05, 0.1) is 11.4 Å². The maximum absolute atomic E-state index is 13.1. The molecule has 4 rings (SSSR count). The highest BCUT2D eigenvalue weighted by atomic mass is 32.1. The summed E-state index contributed by atoms with van der Waals surface area (Å²) >= 11 is 1.42. The molecule has 2 amide bonds. The van der Waals surface area contributed by atoms with Crippen LogP contribution in [-0.2, 0) is 11.3 Å². The molecular formula is C22H17FN4O3S. The molecule has 0 bridgehead atoms. The van der Waals surface area contributed by atoms with Crippen molar-refractivity contribution in [3.05, 3.63) is 76.9 Å². The highest BCUT2D eigenvalue weighted by Gasteiger charge is 2.14. The number of rotatable bonds is 6. The lowest BCUT2D eigenvalue weighted by atomic mass is 10.2. The molecule has 2 aromatic heterocycles. The molecule has 0 atom stereocenters. The van der Waals surface area contributed by atoms with E-state index in [9.17, 15) is 14.0 Å². The number of nitrogens with zero attached hydrogens (tertiary/aromatic N) is 2. The summed E-state index contributed by atoms with van der Waals surface area (Å²) in [5.41, 5.74) is 1.66. The number of nitrogens with one attached hydrogen (secondary N) is 2. The number of hydrogen-bond donors (Lipinski definition) is 2. The van der Waals surface area contributed by atoms with E-state index in [1.165, 1.54) is 30.4 Å². The summed E-state index contributed by atoms with van der Waals surface area (Å²) < 4.78 is 18.4. The number of anilines is 1. The van der Waals surface area contributed by atoms with Gasteiger partial charge in [-0.3, -0.25) is 9.59 Å². The molecule has 0 unspecified atom stereocenters. The quantitative estimate of drug-likeness (QED) is 0.464. The minimum Gasteiger partial charge on any atom is -0.347 e. The van der Waals surface area contributed by atoms with E-state index < -0.39 is 0 Å². The first-order valence-corrected chi connectivity index (χ1v) is 10.1. The smallest absolute Gasteiger partial charge is 0.268 e. The van der Waals surface area contributed by atoms with Crippen LogP contribution >= 0.6 is 11.3 Å². The molecule has 2 heterocycles. The van der Waals surface area contributed by atoms with Crippen LogP contribution in [0.25, 0.3) is 22.2 Å². The molecule has 9 heteroatoms. The predicted molar refractivity (Wildman–Crippen MR) is 115 cm³/mol. The largest absolute Gasteiger partial charge is 0.347 e. The highest BCUT2D eigenvalue weighted by Crippen LogP contribution is 2.28. The van der Waals surface area contributed by atoms with Gasteiger partial charge in [-0.15, -0.1) is 11.3 Å². The number of aromatic nitrogens is 2. The second-order valence-electron chi connectivity index (χ2n) is 6.64. The highest BCUT2D eigenvalue weighted by molar-refractivity contribution is 7.15. The molecule has 156 valence electrons. The standard InChI is InChI=1S/C22H17FN4O3S/c1-13(28)25-17-4-2-3-15(11-17)21(29)24-12-18-9-10-19(31-18)22-26-20(27-30-22)14-5-7-16(23)8-6-14/h2-11H,12H2,1H3,(H,24,29)(H,25,28). The Balaban J connectivity index is 1.40. The molecule has 0 aliphatic heterocycles. The second-order valence-corrected chi connectivity index (χ2v) is 7.81. The SMILES string of the molecule is CC(=O)Nc1cccc(C(=O)NCc2ccc(-c3nc(-c4ccc(F)cc4)no3)s2)c1. The van der Waals surface area contributed by atoms with Crippen molar-refractivity contribution in [3.8, 4) is 22.2 Å². The second kappa shape index (κ2) is 8.88. The van der Waals surface area contributed by atoms with Crippen molar-refractivity contribution in [1.82, 2.24) is 15.5 Å². The van der Waals surface area contributed by atoms with E-state index in [2.05, 4.69) is 20.8 Å². The normalized spacial score (nSPS) is 10.6. The van der Waals surface area contributed by atoms with Gasteiger partial charge >= 0.3 is 0 Å². The number of thiophene rings is 1. The zero-order chi connectivity index (χ0) is 21.8. The molecule has 0 aliphatic carbocycles. The van der Waals surface area contributed by atoms with Crippen LogP contribution in [0.3, 0.4) is 0 Å². The van der Waals surface area contributed by atoms with E-state index in [1.54, 1.807) is 36.4 Å². The third-order valence-corrected chi connectivity index (χ3v) is 5.34. The minimum absolute atomic E-state index is 0.202. The maximum Gasteiger partial charge on any atom is 0.268 e. The zero-order valence-electron chi connectivity index (χ0n) is 16.4. The van der Waals surface area contributed by atoms with Crippen molar-refractivity contribution in [3.63, 3.8) is 0 Å². The third-order valence-electron chi connectivity index (χ3n) is 4.27. The summed E-state index contributed by atoms with van der Waals surface area (Å²) in [4.78, 5) is 29.6. The van der Waals surface area contributed by atoms with Crippen LogP contribution in [0.4, 0.5) is 10.1 Å². The lowest BCUT2D eigenvalue weighted by molar-refractivity contribution is -0.114. The molecule has 0 fully saturated rings. The van der Waals surface area contributed by atoms with Crippen LogP contribution in [0.2, 0.25) is 0 Å². The molecule has 4 aromatic rings. The van der Waals surface area contributed by atoms with Crippen LogP contribution in [0.5, 0.6) is 0 Å². The Labute approximate surface area is 180 Å². The van der Waals surface area contributed by atoms with Crippen LogP contribution < -0.4 is 10.6 Å². The number of carbonyl (C=O) groups is 2. The fraction of sp³-hybridized carbons (Fsp3) is 0.0909. The van der Waals surface area contributed by atoms with E-state index in [0.29, 0.717) is 35.1 Å². The average molecular weight is 436 g/mol. The van der Waals surface area contributed by atoms with Gasteiger partial charge in [0.2, 0.25) is 11.7 Å². The summed E-state index contributed by atoms with van der Waals surface area (Å²) in [5, 5.41) is 9.45. The zero-order valence-corrected chi connectivity index (χ0v) is 17.2. The van der Waals surface area contributed by atoms with Crippen molar-refractivity contribution in [2.45, 2.75) is 13.5 Å². The number of carbonyl (C=O) groups excluding carboxylic acids is 2. The molecule has 7 nitrogen and oxygen atoms in total. The Morgan fingerprint density at radius 3 is 2.68 bits per heavy atom. The van der Waals surface area contributed by atoms with Crippen LogP contribution in [-0.4, -0.2) is 22.0 Å². The summed E-state index contributed by atoms with van der Waals surface area (Å²) in [7, 11) is 0. The van der Waals surface area contributed by atoms with Gasteiger partial charge in [0.1, 0.15) is 5.82 Å². The molecule has 31 heavy (non-hydrogen) atoms. The number of benzene rings is 2. The Morgan fingerprint density at radius 2 is 1.90 bits per heavy atom. The van der Waals surface area contributed by atoms with Crippen LogP contribution in [0, 0.1) is 5.82 Å². The van der Waals surface area contributed by atoms with Gasteiger partial charge in [-0.05, 0) is 54.6 Å². The van der Waals surface area contributed by atoms with Crippen molar-refractivity contribution >= 4 is 28.8 Å². The van der Waals surface area contributed by atoms with E-state index in [4.69, 9.17) is 4.52 Å². The fourth-order valence-corrected chi connectivity index (χ4v) is 3.71. The molecule has 0 aliphatic rings. The minimum atomic E-state index is -0.334. The van der Waals surface area contributed by atoms with Gasteiger partial charge in [0, 0.05) is 28.6 Å². The first-order chi connectivity index (χ1) is 15.0. The summed E-state index contributed by atoms with van der Waals surface area (Å²) in [5.74, 6) is -0.0627. The maximum atomic E-state index is 13.1. The summed E-state index contributed by atoms with van der Waals surface area (Å²) in [6.07, 6.45) is 0. The van der Waals surface area contributed by atoms with Gasteiger partial charge in [-0.25, -0.2) is 4.39 Å². The number of hydrogen-bond acceptors (Lipinski definition) is 6. The van der Waals surface area contributed by atoms with Crippen LogP contribution in [0.15, 0.2) is 65.2 Å². The molecular weight excluding hydrogens is 419 g/mol. The predicted octanol–water partition coefficient (Wildman–Crippen LogP) is 4.49. The van der Waals surface area contributed by atoms with E-state index in [1.807, 2.05) is 12.1 Å². The van der Waals surface area contributed by atoms with Crippen molar-refractivity contribution in [2.75, 3.05) is 5.32 Å². The molecule has 0 spiro atoms. The first-order valence-electron chi connectivity index (χ1n) is 9.32. The van der Waals surface area contributed by atoms with Crippen LogP contribution in [0.1, 0.15) is 22.2 Å². The van der Waals surface area contributed by atoms with Gasteiger partial charge in [-0.2, -0.15) is 4.98 Å². The Kier molecular flexibility index (Phi) is 5.85. The molecule has 0 saturated heterocycles. The molecule has 0 saturated carbocycles. The van der Waals surface area contributed by atoms with Gasteiger partial charge in [0.15, 0.2) is 0 Å². The van der Waals surface area contributed by atoms with Crippen molar-refractivity contribution in [2.24, 2.45) is 0 Å². The van der Waals surface area contributed by atoms with Crippen molar-refractivity contribution < 1.29 is 18.5 Å². The van der Waals surface area contributed by atoms with Gasteiger partial charge in [-0.1, -0.05) is 11.2 Å². The fourth-order valence-electron chi connectivity index (χ4n) is 2.84. The summed E-state index contributed by atoms with van der Waals surface area (Å²) in [6, 6.07) is 16.3. The number of amides is 2. The summed E-state index contributed by atoms with van der Waals surface area (Å²) in [6.45, 7) is 1.74. The van der Waals surface area contributed by atoms with E-state index in [-0.39, 0.29) is 17.6 Å². The number of halogens is 1. The van der Waals surface area contributed by atoms with E-state index >= 15 is 0 Å². The molecule has 2 N–H and O–H groups in total. The first kappa shape index (κ1) is 20.4. The van der Waals surface area contributed by atoms with Gasteiger partial charge < -0.3 is 15.2 Å². The van der Waals surface area contributed by atoms with E-state index in [0.717, 1.165) is 9.75 Å². The Bertz CT molecular complexity index is 1230. The molecule has 2 aromatic carbocycles. The van der Waals surface area contributed by atoms with Gasteiger partial charge in [0.25, 0.3) is 11.8 Å². The Hall–Kier alpha value is -3.85. The third kappa shape index (κ3) is 5.01. The monoisotopic (exact) mass is 436 g/mol. The molecule has 0 radical (unpaired) electrons. The topological polar surface area (TPSA) is 97.1 Å². The average Bonchev–Trinajstić information content (AvgIpc) is 3.42. The van der Waals surface area contributed by atoms with Crippen molar-refractivity contribution in [1.29, 1.82) is 0 Å². The lowest BCUT2D eigenvalue weighted by Gasteiger charge is -2.06. The Morgan fingerprint density at radius 1 is 1.10 bits per heavy atom.